The predicted molar refractivity (Wildman–Crippen MR) is 59.7 cm³/mol. The largest absolute Gasteiger partial charge is 0.328 e. The molecular weight excluding hydrogens is 228 g/mol. The van der Waals surface area contributed by atoms with Crippen LogP contribution in [0.2, 0.25) is 0 Å². The first kappa shape index (κ1) is 11.3. The predicted octanol–water partition coefficient (Wildman–Crippen LogP) is 0.548. The van der Waals surface area contributed by atoms with Crippen LogP contribution in [0.1, 0.15) is 19.8 Å². The van der Waals surface area contributed by atoms with Crippen molar-refractivity contribution in [2.45, 2.75) is 30.7 Å². The molecule has 0 spiro atoms. The van der Waals surface area contributed by atoms with Crippen LogP contribution >= 0.6 is 0 Å². The van der Waals surface area contributed by atoms with Gasteiger partial charge in [0.15, 0.2) is 0 Å². The van der Waals surface area contributed by atoms with Crippen LogP contribution in [-0.2, 0) is 10.0 Å². The Hall–Kier alpha value is -1.14. The van der Waals surface area contributed by atoms with Crippen LogP contribution in [0.25, 0.3) is 0 Å². The van der Waals surface area contributed by atoms with Crippen molar-refractivity contribution in [3.05, 3.63) is 28.7 Å². The second-order valence-corrected chi connectivity index (χ2v) is 5.72. The molecule has 0 unspecified atom stereocenters. The molecule has 16 heavy (non-hydrogen) atoms. The van der Waals surface area contributed by atoms with Crippen LogP contribution in [0.4, 0.5) is 0 Å². The van der Waals surface area contributed by atoms with Crippen molar-refractivity contribution in [1.29, 1.82) is 0 Å². The molecule has 1 fully saturated rings. The minimum atomic E-state index is -3.44. The molecule has 1 aliphatic carbocycles. The summed E-state index contributed by atoms with van der Waals surface area (Å²) in [6.07, 6.45) is 3.11. The van der Waals surface area contributed by atoms with E-state index in [0.29, 0.717) is 6.54 Å². The molecule has 0 saturated heterocycles. The fourth-order valence-electron chi connectivity index (χ4n) is 1.68. The summed E-state index contributed by atoms with van der Waals surface area (Å²) >= 11 is 0. The van der Waals surface area contributed by atoms with Crippen LogP contribution in [0.15, 0.2) is 28.0 Å². The number of rotatable bonds is 4. The molecule has 1 saturated carbocycles. The molecule has 1 aliphatic rings. The lowest BCUT2D eigenvalue weighted by Gasteiger charge is -2.19. The van der Waals surface area contributed by atoms with E-state index in [1.807, 2.05) is 6.92 Å². The highest BCUT2D eigenvalue weighted by atomic mass is 32.2. The molecule has 0 bridgehead atoms. The van der Waals surface area contributed by atoms with Crippen molar-refractivity contribution in [1.82, 2.24) is 9.29 Å². The third kappa shape index (κ3) is 2.03. The maximum Gasteiger partial charge on any atom is 0.247 e. The van der Waals surface area contributed by atoms with Crippen molar-refractivity contribution < 1.29 is 8.42 Å². The molecule has 6 heteroatoms. The van der Waals surface area contributed by atoms with E-state index in [1.54, 1.807) is 0 Å². The molecule has 1 aromatic heterocycles. The fourth-order valence-corrected chi connectivity index (χ4v) is 3.34. The van der Waals surface area contributed by atoms with Crippen LogP contribution < -0.4 is 5.56 Å². The van der Waals surface area contributed by atoms with Gasteiger partial charge in [-0.15, -0.1) is 0 Å². The minimum absolute atomic E-state index is 0.141. The Morgan fingerprint density at radius 2 is 2.12 bits per heavy atom. The number of hydrogen-bond acceptors (Lipinski definition) is 3. The Bertz CT molecular complexity index is 511. The van der Waals surface area contributed by atoms with E-state index in [-0.39, 0.29) is 16.5 Å². The third-order valence-electron chi connectivity index (χ3n) is 2.63. The maximum atomic E-state index is 12.2. The van der Waals surface area contributed by atoms with Crippen molar-refractivity contribution in [3.63, 3.8) is 0 Å². The van der Waals surface area contributed by atoms with E-state index < -0.39 is 10.0 Å². The zero-order valence-corrected chi connectivity index (χ0v) is 9.83. The number of sulfonamides is 1. The average Bonchev–Trinajstić information content (AvgIpc) is 3.03. The van der Waals surface area contributed by atoms with Crippen molar-refractivity contribution >= 4 is 10.0 Å². The lowest BCUT2D eigenvalue weighted by atomic mass is 10.5. The van der Waals surface area contributed by atoms with Crippen molar-refractivity contribution in [3.8, 4) is 0 Å². The number of aromatic amines is 1. The zero-order chi connectivity index (χ0) is 11.8. The van der Waals surface area contributed by atoms with Gasteiger partial charge in [-0.3, -0.25) is 4.79 Å². The molecule has 5 nitrogen and oxygen atoms in total. The Kier molecular flexibility index (Phi) is 2.86. The summed E-state index contributed by atoms with van der Waals surface area (Å²) < 4.78 is 25.8. The van der Waals surface area contributed by atoms with Gasteiger partial charge in [0, 0.05) is 24.8 Å². The number of pyridine rings is 1. The molecule has 88 valence electrons. The first-order valence-corrected chi connectivity index (χ1v) is 6.70. The van der Waals surface area contributed by atoms with Gasteiger partial charge >= 0.3 is 0 Å². The Morgan fingerprint density at radius 3 is 2.56 bits per heavy atom. The number of aromatic nitrogens is 1. The summed E-state index contributed by atoms with van der Waals surface area (Å²) in [5, 5.41) is 0. The molecule has 0 amide bonds. The Morgan fingerprint density at radius 1 is 1.44 bits per heavy atom. The second kappa shape index (κ2) is 4.03. The number of nitrogens with zero attached hydrogens (tertiary/aromatic N) is 1. The van der Waals surface area contributed by atoms with Gasteiger partial charge < -0.3 is 4.98 Å². The smallest absolute Gasteiger partial charge is 0.247 e. The van der Waals surface area contributed by atoms with E-state index in [4.69, 9.17) is 0 Å². The highest BCUT2D eigenvalue weighted by molar-refractivity contribution is 7.89. The van der Waals surface area contributed by atoms with Gasteiger partial charge in [-0.1, -0.05) is 6.92 Å². The standard InChI is InChI=1S/C10H14N2O3S/c1-2-12(8-3-4-8)16(14,15)9-5-6-10(13)11-7-9/h5-8H,2-4H2,1H3,(H,11,13). The van der Waals surface area contributed by atoms with Crippen LogP contribution in [0, 0.1) is 0 Å². The van der Waals surface area contributed by atoms with Crippen LogP contribution in [0.5, 0.6) is 0 Å². The van der Waals surface area contributed by atoms with E-state index in [0.717, 1.165) is 12.8 Å². The Labute approximate surface area is 94.2 Å². The summed E-state index contributed by atoms with van der Waals surface area (Å²) in [5.74, 6) is 0. The lowest BCUT2D eigenvalue weighted by molar-refractivity contribution is 0.420. The van der Waals surface area contributed by atoms with E-state index in [9.17, 15) is 13.2 Å². The summed E-state index contributed by atoms with van der Waals surface area (Å²) in [7, 11) is -3.44. The minimum Gasteiger partial charge on any atom is -0.328 e. The van der Waals surface area contributed by atoms with E-state index >= 15 is 0 Å². The van der Waals surface area contributed by atoms with Crippen molar-refractivity contribution in [2.24, 2.45) is 0 Å². The molecular formula is C10H14N2O3S. The van der Waals surface area contributed by atoms with Gasteiger partial charge in [-0.25, -0.2) is 8.42 Å². The zero-order valence-electron chi connectivity index (χ0n) is 9.01. The topological polar surface area (TPSA) is 70.2 Å². The highest BCUT2D eigenvalue weighted by Crippen LogP contribution is 2.31. The van der Waals surface area contributed by atoms with Gasteiger partial charge in [0.2, 0.25) is 15.6 Å². The SMILES string of the molecule is CCN(C1CC1)S(=O)(=O)c1ccc(=O)[nH]c1. The third-order valence-corrected chi connectivity index (χ3v) is 4.65. The van der Waals surface area contributed by atoms with Crippen LogP contribution in [0.3, 0.4) is 0 Å². The highest BCUT2D eigenvalue weighted by Gasteiger charge is 2.36. The monoisotopic (exact) mass is 242 g/mol. The molecule has 1 heterocycles. The lowest BCUT2D eigenvalue weighted by Crippen LogP contribution is -2.33. The second-order valence-electron chi connectivity index (χ2n) is 3.83. The number of nitrogens with one attached hydrogen (secondary N) is 1. The molecule has 1 N–H and O–H groups in total. The summed E-state index contributed by atoms with van der Waals surface area (Å²) in [4.78, 5) is 13.4. The fraction of sp³-hybridized carbons (Fsp3) is 0.500. The number of hydrogen-bond donors (Lipinski definition) is 1. The first-order chi connectivity index (χ1) is 7.55. The van der Waals surface area contributed by atoms with E-state index in [1.165, 1.54) is 22.6 Å². The van der Waals surface area contributed by atoms with Gasteiger partial charge in [-0.2, -0.15) is 4.31 Å². The van der Waals surface area contributed by atoms with Gasteiger partial charge in [-0.05, 0) is 18.9 Å². The molecule has 0 radical (unpaired) electrons. The van der Waals surface area contributed by atoms with E-state index in [2.05, 4.69) is 4.98 Å². The number of H-pyrrole nitrogens is 1. The molecule has 0 aromatic carbocycles. The normalized spacial score (nSPS) is 16.6. The average molecular weight is 242 g/mol. The first-order valence-electron chi connectivity index (χ1n) is 5.26. The van der Waals surface area contributed by atoms with Gasteiger partial charge in [0.1, 0.15) is 0 Å². The Balaban J connectivity index is 2.37. The van der Waals surface area contributed by atoms with Crippen molar-refractivity contribution in [2.75, 3.05) is 6.54 Å². The summed E-state index contributed by atoms with van der Waals surface area (Å²) in [5.41, 5.74) is -0.298. The molecule has 0 aliphatic heterocycles. The summed E-state index contributed by atoms with van der Waals surface area (Å²) in [6, 6.07) is 2.72. The maximum absolute atomic E-state index is 12.2. The molecule has 2 rings (SSSR count). The molecule has 1 aromatic rings. The van der Waals surface area contributed by atoms with Gasteiger partial charge in [0.25, 0.3) is 0 Å². The van der Waals surface area contributed by atoms with Gasteiger partial charge in [0.05, 0.1) is 4.90 Å². The van der Waals surface area contributed by atoms with Crippen LogP contribution in [-0.4, -0.2) is 30.3 Å². The molecule has 0 atom stereocenters. The quantitative estimate of drug-likeness (QED) is 0.838. The summed E-state index contributed by atoms with van der Waals surface area (Å²) in [6.45, 7) is 2.29.